The van der Waals surface area contributed by atoms with Gasteiger partial charge < -0.3 is 14.2 Å². The van der Waals surface area contributed by atoms with Crippen LogP contribution in [-0.2, 0) is 9.47 Å². The maximum atomic E-state index is 11.7. The summed E-state index contributed by atoms with van der Waals surface area (Å²) in [7, 11) is 7.17. The predicted octanol–water partition coefficient (Wildman–Crippen LogP) is 1.89. The first-order chi connectivity index (χ1) is 9.46. The van der Waals surface area contributed by atoms with Crippen LogP contribution in [0.5, 0.6) is 5.75 Å². The van der Waals surface area contributed by atoms with Gasteiger partial charge in [-0.05, 0) is 0 Å². The van der Waals surface area contributed by atoms with Gasteiger partial charge in [-0.25, -0.2) is 9.59 Å². The third-order valence-electron chi connectivity index (χ3n) is 2.11. The molecule has 0 aliphatic carbocycles. The first kappa shape index (κ1) is 15.9. The molecule has 0 N–H and O–H groups in total. The normalized spacial score (nSPS) is 10.4. The molecule has 1 aromatic heterocycles. The minimum Gasteiger partial charge on any atom is -0.493 e. The zero-order chi connectivity index (χ0) is 15.3. The fraction of sp³-hybridized carbons (Fsp3) is 0.455. The summed E-state index contributed by atoms with van der Waals surface area (Å²) in [4.78, 5) is 23.7. The van der Waals surface area contributed by atoms with Crippen molar-refractivity contribution in [2.75, 3.05) is 35.4 Å². The van der Waals surface area contributed by atoms with Crippen molar-refractivity contribution in [2.24, 2.45) is 10.3 Å². The quantitative estimate of drug-likeness (QED) is 0.468. The van der Waals surface area contributed by atoms with E-state index in [-0.39, 0.29) is 21.2 Å². The number of esters is 2. The maximum Gasteiger partial charge on any atom is 0.352 e. The highest BCUT2D eigenvalue weighted by Gasteiger charge is 2.29. The molecule has 9 heteroatoms. The van der Waals surface area contributed by atoms with Crippen LogP contribution in [0, 0.1) is 0 Å². The smallest absolute Gasteiger partial charge is 0.352 e. The molecule has 8 nitrogen and oxygen atoms in total. The average Bonchev–Trinajstić information content (AvgIpc) is 2.81. The molecule has 0 saturated carbocycles. The fourth-order valence-corrected chi connectivity index (χ4v) is 2.32. The van der Waals surface area contributed by atoms with Crippen LogP contribution in [0.4, 0.5) is 5.69 Å². The van der Waals surface area contributed by atoms with E-state index in [1.165, 1.54) is 26.3 Å². The van der Waals surface area contributed by atoms with Crippen molar-refractivity contribution < 1.29 is 23.8 Å². The minimum absolute atomic E-state index is 0.121. The van der Waals surface area contributed by atoms with E-state index in [0.29, 0.717) is 0 Å². The number of rotatable bonds is 5. The van der Waals surface area contributed by atoms with Gasteiger partial charge in [-0.1, -0.05) is 5.22 Å². The molecule has 1 heterocycles. The molecular weight excluding hydrogens is 286 g/mol. The number of ether oxygens (including phenoxy) is 3. The molecule has 0 atom stereocenters. The first-order valence-corrected chi connectivity index (χ1v) is 6.24. The number of hydrogen-bond donors (Lipinski definition) is 0. The van der Waals surface area contributed by atoms with Crippen molar-refractivity contribution in [1.82, 2.24) is 5.01 Å². The molecule has 0 aliphatic heterocycles. The Hall–Kier alpha value is -2.16. The number of hydrogen-bond acceptors (Lipinski definition) is 8. The molecule has 1 rings (SSSR count). The Balaban J connectivity index is 3.45. The van der Waals surface area contributed by atoms with Gasteiger partial charge in [-0.2, -0.15) is 0 Å². The summed E-state index contributed by atoms with van der Waals surface area (Å²) < 4.78 is 14.4. The van der Waals surface area contributed by atoms with E-state index in [4.69, 9.17) is 4.74 Å². The highest BCUT2D eigenvalue weighted by molar-refractivity contribution is 7.16. The van der Waals surface area contributed by atoms with Crippen molar-refractivity contribution in [3.05, 3.63) is 9.75 Å². The van der Waals surface area contributed by atoms with Crippen molar-refractivity contribution >= 4 is 29.0 Å². The lowest BCUT2D eigenvalue weighted by atomic mass is 10.3. The average molecular weight is 301 g/mol. The summed E-state index contributed by atoms with van der Waals surface area (Å²) in [6.07, 6.45) is 0. The van der Waals surface area contributed by atoms with Gasteiger partial charge in [0.1, 0.15) is 4.88 Å². The second kappa shape index (κ2) is 6.85. The topological polar surface area (TPSA) is 89.8 Å². The van der Waals surface area contributed by atoms with Crippen molar-refractivity contribution in [3.63, 3.8) is 0 Å². The number of carbonyl (C=O) groups is 2. The van der Waals surface area contributed by atoms with Gasteiger partial charge in [0.15, 0.2) is 16.3 Å². The molecule has 0 radical (unpaired) electrons. The summed E-state index contributed by atoms with van der Waals surface area (Å²) in [6, 6.07) is 0. The van der Waals surface area contributed by atoms with E-state index < -0.39 is 11.9 Å². The molecule has 0 aromatic carbocycles. The highest BCUT2D eigenvalue weighted by Crippen LogP contribution is 2.43. The minimum atomic E-state index is -0.629. The van der Waals surface area contributed by atoms with Crippen molar-refractivity contribution in [2.45, 2.75) is 0 Å². The number of thiophene rings is 1. The molecule has 0 saturated heterocycles. The Morgan fingerprint density at radius 2 is 1.60 bits per heavy atom. The Bertz CT molecular complexity index is 538. The molecule has 1 aromatic rings. The summed E-state index contributed by atoms with van der Waals surface area (Å²) in [6.45, 7) is 0. The van der Waals surface area contributed by atoms with E-state index >= 15 is 0 Å². The molecule has 0 unspecified atom stereocenters. The Morgan fingerprint density at radius 1 is 1.05 bits per heavy atom. The highest BCUT2D eigenvalue weighted by atomic mass is 32.1. The largest absolute Gasteiger partial charge is 0.493 e. The van der Waals surface area contributed by atoms with E-state index in [1.807, 2.05) is 0 Å². The summed E-state index contributed by atoms with van der Waals surface area (Å²) >= 11 is 0.881. The molecule has 110 valence electrons. The van der Waals surface area contributed by atoms with Crippen LogP contribution < -0.4 is 4.74 Å². The van der Waals surface area contributed by atoms with Crippen LogP contribution >= 0.6 is 11.3 Å². The van der Waals surface area contributed by atoms with Crippen molar-refractivity contribution in [3.8, 4) is 5.75 Å². The SMILES string of the molecule is COC(=O)c1sc(C(=O)OC)c(OC)c1N=NN(C)C. The van der Waals surface area contributed by atoms with Gasteiger partial charge in [-0.15, -0.1) is 16.5 Å². The zero-order valence-corrected chi connectivity index (χ0v) is 12.6. The lowest BCUT2D eigenvalue weighted by molar-refractivity contribution is 0.0597. The Kier molecular flexibility index (Phi) is 5.44. The van der Waals surface area contributed by atoms with Crippen LogP contribution in [0.25, 0.3) is 0 Å². The first-order valence-electron chi connectivity index (χ1n) is 5.42. The van der Waals surface area contributed by atoms with Gasteiger partial charge >= 0.3 is 11.9 Å². The van der Waals surface area contributed by atoms with Gasteiger partial charge in [0.05, 0.1) is 21.3 Å². The third kappa shape index (κ3) is 3.23. The van der Waals surface area contributed by atoms with Crippen molar-refractivity contribution in [1.29, 1.82) is 0 Å². The van der Waals surface area contributed by atoms with E-state index in [9.17, 15) is 9.59 Å². The molecule has 0 amide bonds. The van der Waals surface area contributed by atoms with E-state index in [1.54, 1.807) is 14.1 Å². The summed E-state index contributed by atoms with van der Waals surface area (Å²) in [5, 5.41) is 9.16. The van der Waals surface area contributed by atoms with Crippen LogP contribution in [0.15, 0.2) is 10.3 Å². The summed E-state index contributed by atoms with van der Waals surface area (Å²) in [5.74, 6) is -1.12. The van der Waals surface area contributed by atoms with Crippen LogP contribution in [0.3, 0.4) is 0 Å². The second-order valence-electron chi connectivity index (χ2n) is 3.66. The van der Waals surface area contributed by atoms with E-state index in [2.05, 4.69) is 19.8 Å². The number of nitrogens with zero attached hydrogens (tertiary/aromatic N) is 3. The monoisotopic (exact) mass is 301 g/mol. The molecule has 0 aliphatic rings. The number of methoxy groups -OCH3 is 3. The molecule has 0 fully saturated rings. The van der Waals surface area contributed by atoms with Gasteiger partial charge in [-0.3, -0.25) is 5.01 Å². The van der Waals surface area contributed by atoms with Gasteiger partial charge in [0, 0.05) is 14.1 Å². The third-order valence-corrected chi connectivity index (χ3v) is 3.23. The molecular formula is C11H15N3O5S. The van der Waals surface area contributed by atoms with Gasteiger partial charge in [0.2, 0.25) is 0 Å². The second-order valence-corrected chi connectivity index (χ2v) is 4.68. The molecule has 0 spiro atoms. The zero-order valence-electron chi connectivity index (χ0n) is 11.8. The Morgan fingerprint density at radius 3 is 2.05 bits per heavy atom. The molecule has 0 bridgehead atoms. The fourth-order valence-electron chi connectivity index (χ4n) is 1.28. The van der Waals surface area contributed by atoms with Gasteiger partial charge in [0.25, 0.3) is 0 Å². The Labute approximate surface area is 119 Å². The van der Waals surface area contributed by atoms with Crippen LogP contribution in [-0.4, -0.2) is 52.4 Å². The van der Waals surface area contributed by atoms with Crippen LogP contribution in [0.1, 0.15) is 19.3 Å². The number of carbonyl (C=O) groups excluding carboxylic acids is 2. The molecule has 20 heavy (non-hydrogen) atoms. The lowest BCUT2D eigenvalue weighted by Gasteiger charge is -2.04. The summed E-state index contributed by atoms with van der Waals surface area (Å²) in [5.41, 5.74) is 0.137. The predicted molar refractivity (Wildman–Crippen MR) is 71.8 cm³/mol. The van der Waals surface area contributed by atoms with Crippen LogP contribution in [0.2, 0.25) is 0 Å². The maximum absolute atomic E-state index is 11.7. The standard InChI is InChI=1S/C11H15N3O5S/c1-14(2)13-12-6-7(17-3)9(11(16)19-5)20-8(6)10(15)18-4/h1-5H3. The van der Waals surface area contributed by atoms with E-state index in [0.717, 1.165) is 11.3 Å². The lowest BCUT2D eigenvalue weighted by Crippen LogP contribution is -2.01.